The fraction of sp³-hybridized carbons (Fsp3) is 0.161. The van der Waals surface area contributed by atoms with Gasteiger partial charge in [0.1, 0.15) is 17.1 Å². The average Bonchev–Trinajstić information content (AvgIpc) is 2.95. The van der Waals surface area contributed by atoms with Crippen molar-refractivity contribution in [1.82, 2.24) is 15.0 Å². The van der Waals surface area contributed by atoms with Crippen molar-refractivity contribution >= 4 is 16.8 Å². The molecule has 0 amide bonds. The first-order chi connectivity index (χ1) is 19.4. The third-order valence-corrected chi connectivity index (χ3v) is 6.42. The summed E-state index contributed by atoms with van der Waals surface area (Å²) in [7, 11) is 3.03. The quantitative estimate of drug-likeness (QED) is 0.236. The lowest BCUT2D eigenvalue weighted by Gasteiger charge is -2.14. The van der Waals surface area contributed by atoms with Gasteiger partial charge in [-0.3, -0.25) is 14.6 Å². The molecule has 0 radical (unpaired) electrons. The van der Waals surface area contributed by atoms with Gasteiger partial charge in [-0.15, -0.1) is 0 Å². The number of ketones is 1. The van der Waals surface area contributed by atoms with Gasteiger partial charge in [-0.1, -0.05) is 24.3 Å². The van der Waals surface area contributed by atoms with Crippen molar-refractivity contribution < 1.29 is 23.4 Å². The molecular formula is C31H26FN3O5. The van der Waals surface area contributed by atoms with Crippen LogP contribution in [0.4, 0.5) is 4.39 Å². The van der Waals surface area contributed by atoms with Crippen LogP contribution < -0.4 is 14.9 Å². The van der Waals surface area contributed by atoms with Crippen LogP contribution >= 0.6 is 0 Å². The van der Waals surface area contributed by atoms with Gasteiger partial charge in [0.05, 0.1) is 30.5 Å². The third-order valence-electron chi connectivity index (χ3n) is 6.42. The van der Waals surface area contributed by atoms with Gasteiger partial charge in [0.15, 0.2) is 11.5 Å². The number of fused-ring (bicyclic) bond motifs is 1. The number of ether oxygens (including phenoxy) is 3. The molecule has 0 spiro atoms. The Hall–Kier alpha value is -4.89. The number of benzene rings is 2. The highest BCUT2D eigenvalue weighted by atomic mass is 19.1. The van der Waals surface area contributed by atoms with E-state index < -0.39 is 11.2 Å². The predicted molar refractivity (Wildman–Crippen MR) is 149 cm³/mol. The minimum atomic E-state index is -0.424. The minimum Gasteiger partial charge on any atom is -0.481 e. The lowest BCUT2D eigenvalue weighted by molar-refractivity contribution is 0.0986. The Morgan fingerprint density at radius 2 is 1.73 bits per heavy atom. The number of carbonyl (C=O) groups excluding carboxylic acids is 1. The van der Waals surface area contributed by atoms with Crippen LogP contribution in [0.5, 0.6) is 17.4 Å². The maximum atomic E-state index is 13.6. The van der Waals surface area contributed by atoms with Crippen LogP contribution in [0.2, 0.25) is 0 Å². The molecule has 3 heterocycles. The molecule has 3 aromatic heterocycles. The van der Waals surface area contributed by atoms with Crippen LogP contribution in [0, 0.1) is 12.7 Å². The zero-order chi connectivity index (χ0) is 28.2. The SMILES string of the molecule is COCc1[nH]c(C)c(-c2ccc(F)cc2)c(=O)c1C(=O)Cc1ccc(Oc2ccnc3ccc(OC)nc23)cc1. The highest BCUT2D eigenvalue weighted by Gasteiger charge is 2.22. The van der Waals surface area contributed by atoms with Crippen LogP contribution in [0.1, 0.15) is 27.3 Å². The number of aromatic amines is 1. The summed E-state index contributed by atoms with van der Waals surface area (Å²) in [6.45, 7) is 1.80. The smallest absolute Gasteiger partial charge is 0.213 e. The van der Waals surface area contributed by atoms with E-state index in [0.717, 1.165) is 0 Å². The summed E-state index contributed by atoms with van der Waals surface area (Å²) < 4.78 is 30.0. The number of H-pyrrole nitrogens is 1. The molecule has 0 fully saturated rings. The van der Waals surface area contributed by atoms with E-state index in [1.807, 2.05) is 0 Å². The summed E-state index contributed by atoms with van der Waals surface area (Å²) in [5.74, 6) is 0.727. The average molecular weight is 540 g/mol. The number of halogens is 1. The van der Waals surface area contributed by atoms with E-state index in [4.69, 9.17) is 14.2 Å². The Morgan fingerprint density at radius 1 is 0.975 bits per heavy atom. The van der Waals surface area contributed by atoms with Crippen molar-refractivity contribution in [3.8, 4) is 28.5 Å². The van der Waals surface area contributed by atoms with Crippen molar-refractivity contribution in [1.29, 1.82) is 0 Å². The van der Waals surface area contributed by atoms with E-state index in [1.54, 1.807) is 55.6 Å². The Bertz CT molecular complexity index is 1750. The van der Waals surface area contributed by atoms with Crippen molar-refractivity contribution in [2.24, 2.45) is 0 Å². The number of hydrogen-bond donors (Lipinski definition) is 1. The van der Waals surface area contributed by atoms with E-state index in [0.29, 0.717) is 56.5 Å². The Kier molecular flexibility index (Phi) is 7.65. The van der Waals surface area contributed by atoms with E-state index in [-0.39, 0.29) is 24.4 Å². The number of Topliss-reactive ketones (excluding diaryl/α,β-unsaturated/α-hetero) is 1. The molecule has 0 unspecified atom stereocenters. The molecule has 8 nitrogen and oxygen atoms in total. The molecular weight excluding hydrogens is 513 g/mol. The van der Waals surface area contributed by atoms with E-state index >= 15 is 0 Å². The van der Waals surface area contributed by atoms with E-state index in [2.05, 4.69) is 15.0 Å². The maximum Gasteiger partial charge on any atom is 0.213 e. The molecule has 0 saturated carbocycles. The van der Waals surface area contributed by atoms with Crippen LogP contribution in [0.15, 0.2) is 77.7 Å². The largest absolute Gasteiger partial charge is 0.481 e. The summed E-state index contributed by atoms with van der Waals surface area (Å²) in [6.07, 6.45) is 1.62. The number of pyridine rings is 3. The molecule has 0 aliphatic heterocycles. The molecule has 0 atom stereocenters. The highest BCUT2D eigenvalue weighted by Crippen LogP contribution is 2.29. The Morgan fingerprint density at radius 3 is 2.42 bits per heavy atom. The first-order valence-electron chi connectivity index (χ1n) is 12.5. The molecule has 5 rings (SSSR count). The number of hydrogen-bond acceptors (Lipinski definition) is 7. The third kappa shape index (κ3) is 5.45. The van der Waals surface area contributed by atoms with Crippen molar-refractivity contribution in [3.63, 3.8) is 0 Å². The molecule has 5 aromatic rings. The molecule has 0 aliphatic carbocycles. The second-order valence-corrected chi connectivity index (χ2v) is 9.12. The summed E-state index contributed by atoms with van der Waals surface area (Å²) in [5, 5.41) is 0. The number of carbonyl (C=O) groups is 1. The number of rotatable bonds is 9. The van der Waals surface area contributed by atoms with Gasteiger partial charge in [-0.05, 0) is 48.4 Å². The van der Waals surface area contributed by atoms with Crippen LogP contribution in [0.25, 0.3) is 22.2 Å². The lowest BCUT2D eigenvalue weighted by Crippen LogP contribution is -2.24. The molecule has 202 valence electrons. The van der Waals surface area contributed by atoms with Gasteiger partial charge in [0, 0.05) is 43.1 Å². The fourth-order valence-electron chi connectivity index (χ4n) is 4.55. The molecule has 9 heteroatoms. The topological polar surface area (TPSA) is 103 Å². The number of nitrogens with one attached hydrogen (secondary N) is 1. The molecule has 1 N–H and O–H groups in total. The predicted octanol–water partition coefficient (Wildman–Crippen LogP) is 5.81. The molecule has 40 heavy (non-hydrogen) atoms. The molecule has 0 saturated heterocycles. The monoisotopic (exact) mass is 539 g/mol. The van der Waals surface area contributed by atoms with Gasteiger partial charge < -0.3 is 19.2 Å². The summed E-state index contributed by atoms with van der Waals surface area (Å²) in [5.41, 5.74) is 3.33. The van der Waals surface area contributed by atoms with Gasteiger partial charge in [-0.25, -0.2) is 9.37 Å². The van der Waals surface area contributed by atoms with Crippen molar-refractivity contribution in [2.45, 2.75) is 20.0 Å². The van der Waals surface area contributed by atoms with Gasteiger partial charge >= 0.3 is 0 Å². The van der Waals surface area contributed by atoms with E-state index in [1.165, 1.54) is 38.5 Å². The number of aromatic nitrogens is 3. The second kappa shape index (κ2) is 11.5. The Balaban J connectivity index is 1.41. The van der Waals surface area contributed by atoms with Gasteiger partial charge in [-0.2, -0.15) is 0 Å². The normalized spacial score (nSPS) is 11.0. The number of methoxy groups -OCH3 is 2. The fourth-order valence-corrected chi connectivity index (χ4v) is 4.55. The summed E-state index contributed by atoms with van der Waals surface area (Å²) in [4.78, 5) is 38.9. The molecule has 0 aliphatic rings. The van der Waals surface area contributed by atoms with E-state index in [9.17, 15) is 14.0 Å². The lowest BCUT2D eigenvalue weighted by atomic mass is 9.95. The molecule has 0 bridgehead atoms. The van der Waals surface area contributed by atoms with Gasteiger partial charge in [0.25, 0.3) is 0 Å². The van der Waals surface area contributed by atoms with Crippen molar-refractivity contribution in [3.05, 3.63) is 111 Å². The van der Waals surface area contributed by atoms with Crippen LogP contribution in [-0.2, 0) is 17.8 Å². The standard InChI is InChI=1S/C31H26FN3O5/c1-18-28(20-6-8-21(32)9-7-20)31(37)29(24(34-18)17-38-2)25(36)16-19-4-10-22(11-5-19)40-26-14-15-33-23-12-13-27(39-3)35-30(23)26/h4-15H,16-17H2,1-3H3,(H,34,37). The zero-order valence-electron chi connectivity index (χ0n) is 22.2. The van der Waals surface area contributed by atoms with Crippen LogP contribution in [0.3, 0.4) is 0 Å². The van der Waals surface area contributed by atoms with Crippen LogP contribution in [-0.4, -0.2) is 35.0 Å². The maximum absolute atomic E-state index is 13.6. The second-order valence-electron chi connectivity index (χ2n) is 9.12. The minimum absolute atomic E-state index is 0.0110. The molecule has 2 aromatic carbocycles. The summed E-state index contributed by atoms with van der Waals surface area (Å²) >= 11 is 0. The Labute approximate surface area is 229 Å². The number of nitrogens with zero attached hydrogens (tertiary/aromatic N) is 2. The summed E-state index contributed by atoms with van der Waals surface area (Å²) in [6, 6.07) is 17.9. The highest BCUT2D eigenvalue weighted by molar-refractivity contribution is 5.99. The van der Waals surface area contributed by atoms with Crippen molar-refractivity contribution in [2.75, 3.05) is 14.2 Å². The zero-order valence-corrected chi connectivity index (χ0v) is 22.2. The first kappa shape index (κ1) is 26.7. The first-order valence-corrected chi connectivity index (χ1v) is 12.5. The van der Waals surface area contributed by atoms with Gasteiger partial charge in [0.2, 0.25) is 11.3 Å². The number of aryl methyl sites for hydroxylation is 1.